The van der Waals surface area contributed by atoms with Gasteiger partial charge in [-0.05, 0) is 37.1 Å². The Kier molecular flexibility index (Phi) is 4.40. The zero-order chi connectivity index (χ0) is 14.7. The predicted molar refractivity (Wildman–Crippen MR) is 86.6 cm³/mol. The van der Waals surface area contributed by atoms with E-state index in [1.165, 1.54) is 0 Å². The van der Waals surface area contributed by atoms with E-state index in [-0.39, 0.29) is 5.91 Å². The van der Waals surface area contributed by atoms with Crippen molar-refractivity contribution in [3.8, 4) is 0 Å². The van der Waals surface area contributed by atoms with Crippen LogP contribution in [0.3, 0.4) is 0 Å². The van der Waals surface area contributed by atoms with Crippen molar-refractivity contribution in [1.29, 1.82) is 0 Å². The largest absolute Gasteiger partial charge is 0.382 e. The molecule has 1 aromatic carbocycles. The van der Waals surface area contributed by atoms with Gasteiger partial charge in [-0.3, -0.25) is 4.79 Å². The van der Waals surface area contributed by atoms with Crippen LogP contribution in [-0.4, -0.2) is 52.2 Å². The third kappa shape index (κ3) is 3.35. The van der Waals surface area contributed by atoms with E-state index in [1.807, 2.05) is 23.1 Å². The van der Waals surface area contributed by atoms with Crippen molar-refractivity contribution in [2.75, 3.05) is 29.9 Å². The Hall–Kier alpha value is -1.20. The molecule has 2 aliphatic rings. The Morgan fingerprint density at radius 1 is 1.29 bits per heavy atom. The molecule has 0 spiro atoms. The van der Waals surface area contributed by atoms with E-state index in [0.717, 1.165) is 37.4 Å². The zero-order valence-electron chi connectivity index (χ0n) is 12.1. The summed E-state index contributed by atoms with van der Waals surface area (Å²) >= 11 is 1.67. The van der Waals surface area contributed by atoms with Crippen LogP contribution in [-0.2, 0) is 4.79 Å². The van der Waals surface area contributed by atoms with Crippen molar-refractivity contribution in [2.45, 2.75) is 30.9 Å². The second-order valence-corrected chi connectivity index (χ2v) is 7.02. The fourth-order valence-corrected chi connectivity index (χ4v) is 4.25. The Labute approximate surface area is 129 Å². The highest BCUT2D eigenvalue weighted by molar-refractivity contribution is 7.99. The van der Waals surface area contributed by atoms with E-state index >= 15 is 0 Å². The molecular formula is C16H22N2O2S. The number of carbonyl (C=O) groups is 1. The van der Waals surface area contributed by atoms with Gasteiger partial charge >= 0.3 is 0 Å². The Morgan fingerprint density at radius 2 is 2.00 bits per heavy atom. The van der Waals surface area contributed by atoms with Crippen LogP contribution in [0.2, 0.25) is 0 Å². The molecule has 0 aliphatic carbocycles. The van der Waals surface area contributed by atoms with E-state index in [4.69, 9.17) is 0 Å². The number of hydrogen-bond donors (Lipinski definition) is 2. The van der Waals surface area contributed by atoms with Crippen molar-refractivity contribution in [2.24, 2.45) is 0 Å². The van der Waals surface area contributed by atoms with Gasteiger partial charge < -0.3 is 15.3 Å². The van der Waals surface area contributed by atoms with Gasteiger partial charge in [-0.25, -0.2) is 0 Å². The minimum atomic E-state index is -1.11. The highest BCUT2D eigenvalue weighted by Crippen LogP contribution is 2.30. The fourth-order valence-electron chi connectivity index (χ4n) is 3.01. The number of rotatable bonds is 3. The number of nitrogens with one attached hydrogen (secondary N) is 1. The molecule has 2 heterocycles. The molecular weight excluding hydrogens is 284 g/mol. The van der Waals surface area contributed by atoms with Crippen LogP contribution in [0.25, 0.3) is 0 Å². The average molecular weight is 306 g/mol. The molecule has 4 nitrogen and oxygen atoms in total. The zero-order valence-corrected chi connectivity index (χ0v) is 12.9. The van der Waals surface area contributed by atoms with E-state index < -0.39 is 5.60 Å². The van der Waals surface area contributed by atoms with Crippen LogP contribution in [0, 0.1) is 0 Å². The Bertz CT molecular complexity index is 480. The summed E-state index contributed by atoms with van der Waals surface area (Å²) in [6.45, 7) is 1.46. The maximum absolute atomic E-state index is 12.4. The smallest absolute Gasteiger partial charge is 0.255 e. The third-order valence-electron chi connectivity index (χ3n) is 4.33. The van der Waals surface area contributed by atoms with Crippen LogP contribution in [0.5, 0.6) is 0 Å². The number of nitrogens with zero attached hydrogens (tertiary/aromatic N) is 1. The number of likely N-dealkylation sites (tertiary alicyclic amines) is 1. The maximum atomic E-state index is 12.4. The molecule has 2 fully saturated rings. The number of hydrogen-bond acceptors (Lipinski definition) is 4. The van der Waals surface area contributed by atoms with Gasteiger partial charge in [-0.1, -0.05) is 18.2 Å². The highest BCUT2D eigenvalue weighted by atomic mass is 32.2. The van der Waals surface area contributed by atoms with Gasteiger partial charge in [0.15, 0.2) is 5.60 Å². The van der Waals surface area contributed by atoms with E-state index in [1.54, 1.807) is 11.8 Å². The molecule has 5 heteroatoms. The molecule has 3 rings (SSSR count). The standard InChI is InChI=1S/C16H22N2O2S/c19-15(16(20)8-11-21-12-16)18-9-6-14(7-10-18)17-13-4-2-1-3-5-13/h1-5,14,17,20H,6-12H2. The molecule has 2 aliphatic heterocycles. The summed E-state index contributed by atoms with van der Waals surface area (Å²) in [5.41, 5.74) is 0.0257. The third-order valence-corrected chi connectivity index (χ3v) is 5.50. The van der Waals surface area contributed by atoms with Gasteiger partial charge in [0.2, 0.25) is 0 Å². The van der Waals surface area contributed by atoms with Crippen LogP contribution in [0.4, 0.5) is 5.69 Å². The molecule has 0 radical (unpaired) electrons. The van der Waals surface area contributed by atoms with Gasteiger partial charge in [0.05, 0.1) is 0 Å². The number of piperidine rings is 1. The van der Waals surface area contributed by atoms with E-state index in [2.05, 4.69) is 17.4 Å². The van der Waals surface area contributed by atoms with Crippen molar-refractivity contribution >= 4 is 23.4 Å². The quantitative estimate of drug-likeness (QED) is 0.896. The first-order valence-corrected chi connectivity index (χ1v) is 8.74. The second kappa shape index (κ2) is 6.28. The lowest BCUT2D eigenvalue weighted by atomic mass is 9.98. The Balaban J connectivity index is 1.52. The molecule has 21 heavy (non-hydrogen) atoms. The van der Waals surface area contributed by atoms with Crippen molar-refractivity contribution in [1.82, 2.24) is 4.90 Å². The van der Waals surface area contributed by atoms with Gasteiger partial charge in [0.1, 0.15) is 0 Å². The second-order valence-electron chi connectivity index (χ2n) is 5.91. The highest BCUT2D eigenvalue weighted by Gasteiger charge is 2.42. The summed E-state index contributed by atoms with van der Waals surface area (Å²) in [7, 11) is 0. The fraction of sp³-hybridized carbons (Fsp3) is 0.562. The molecule has 1 atom stereocenters. The molecule has 1 aromatic rings. The molecule has 1 unspecified atom stereocenters. The number of para-hydroxylation sites is 1. The van der Waals surface area contributed by atoms with Crippen LogP contribution in [0.15, 0.2) is 30.3 Å². The van der Waals surface area contributed by atoms with Gasteiger partial charge in [0, 0.05) is 30.6 Å². The lowest BCUT2D eigenvalue weighted by molar-refractivity contribution is -0.149. The summed E-state index contributed by atoms with van der Waals surface area (Å²) < 4.78 is 0. The average Bonchev–Trinajstić information content (AvgIpc) is 2.96. The van der Waals surface area contributed by atoms with E-state index in [9.17, 15) is 9.90 Å². The predicted octanol–water partition coefficient (Wildman–Crippen LogP) is 1.96. The number of amides is 1. The van der Waals surface area contributed by atoms with E-state index in [0.29, 0.717) is 18.2 Å². The van der Waals surface area contributed by atoms with Gasteiger partial charge in [-0.15, -0.1) is 0 Å². The topological polar surface area (TPSA) is 52.6 Å². The van der Waals surface area contributed by atoms with Crippen LogP contribution in [0.1, 0.15) is 19.3 Å². The normalized spacial score (nSPS) is 26.8. The molecule has 0 aromatic heterocycles. The maximum Gasteiger partial charge on any atom is 0.255 e. The number of benzene rings is 1. The molecule has 0 saturated carbocycles. The molecule has 1 amide bonds. The monoisotopic (exact) mass is 306 g/mol. The summed E-state index contributed by atoms with van der Waals surface area (Å²) in [4.78, 5) is 14.3. The summed E-state index contributed by atoms with van der Waals surface area (Å²) in [5.74, 6) is 1.37. The summed E-state index contributed by atoms with van der Waals surface area (Å²) in [6.07, 6.45) is 2.46. The number of carbonyl (C=O) groups excluding carboxylic acids is 1. The van der Waals surface area contributed by atoms with Crippen LogP contribution < -0.4 is 5.32 Å². The Morgan fingerprint density at radius 3 is 2.62 bits per heavy atom. The number of anilines is 1. The molecule has 2 N–H and O–H groups in total. The summed E-state index contributed by atoms with van der Waals surface area (Å²) in [5, 5.41) is 13.9. The van der Waals surface area contributed by atoms with Gasteiger partial charge in [0.25, 0.3) is 5.91 Å². The lowest BCUT2D eigenvalue weighted by Gasteiger charge is -2.36. The minimum absolute atomic E-state index is 0.0642. The van der Waals surface area contributed by atoms with Crippen molar-refractivity contribution < 1.29 is 9.90 Å². The number of aliphatic hydroxyl groups is 1. The van der Waals surface area contributed by atoms with Gasteiger partial charge in [-0.2, -0.15) is 11.8 Å². The van der Waals surface area contributed by atoms with Crippen LogP contribution >= 0.6 is 11.8 Å². The molecule has 2 saturated heterocycles. The first-order valence-electron chi connectivity index (χ1n) is 7.58. The minimum Gasteiger partial charge on any atom is -0.382 e. The summed E-state index contributed by atoms with van der Waals surface area (Å²) in [6, 6.07) is 10.6. The first-order chi connectivity index (χ1) is 10.2. The first kappa shape index (κ1) is 14.7. The SMILES string of the molecule is O=C(N1CCC(Nc2ccccc2)CC1)C1(O)CCSC1. The number of thioether (sulfide) groups is 1. The molecule has 114 valence electrons. The lowest BCUT2D eigenvalue weighted by Crippen LogP contribution is -2.52. The van der Waals surface area contributed by atoms with Crippen molar-refractivity contribution in [3.63, 3.8) is 0 Å². The molecule has 0 bridgehead atoms. The van der Waals surface area contributed by atoms with Crippen molar-refractivity contribution in [3.05, 3.63) is 30.3 Å².